The molecule has 1 amide bonds. The summed E-state index contributed by atoms with van der Waals surface area (Å²) in [4.78, 5) is 18.9. The van der Waals surface area contributed by atoms with Crippen molar-refractivity contribution in [3.8, 4) is 0 Å². The van der Waals surface area contributed by atoms with Crippen LogP contribution in [0.3, 0.4) is 0 Å². The number of aromatic nitrogens is 2. The summed E-state index contributed by atoms with van der Waals surface area (Å²) < 4.78 is 39.5. The smallest absolute Gasteiger partial charge is 0.264 e. The van der Waals surface area contributed by atoms with Gasteiger partial charge in [-0.1, -0.05) is 6.07 Å². The summed E-state index contributed by atoms with van der Waals surface area (Å²) in [6.45, 7) is 1.12. The van der Waals surface area contributed by atoms with Crippen LogP contribution in [0.15, 0.2) is 53.7 Å². The molecule has 1 aromatic heterocycles. The van der Waals surface area contributed by atoms with E-state index in [4.69, 9.17) is 0 Å². The monoisotopic (exact) mass is 360 g/mol. The fourth-order valence-corrected chi connectivity index (χ4v) is 3.24. The number of nitrogens with zero attached hydrogens (tertiary/aromatic N) is 2. The third-order valence-electron chi connectivity index (χ3n) is 3.32. The molecule has 0 aliphatic carbocycles. The number of anilines is 2. The van der Waals surface area contributed by atoms with Crippen molar-refractivity contribution in [1.29, 1.82) is 0 Å². The predicted molar refractivity (Wildman–Crippen MR) is 90.2 cm³/mol. The van der Waals surface area contributed by atoms with Crippen LogP contribution in [-0.4, -0.2) is 24.3 Å². The third kappa shape index (κ3) is 3.56. The molecule has 0 aliphatic heterocycles. The summed E-state index contributed by atoms with van der Waals surface area (Å²) in [6.07, 6.45) is 1.24. The van der Waals surface area contributed by atoms with Gasteiger partial charge in [0.15, 0.2) is 0 Å². The van der Waals surface area contributed by atoms with Gasteiger partial charge in [-0.2, -0.15) is 0 Å². The molecule has 3 aromatic rings. The largest absolute Gasteiger partial charge is 0.340 e. The van der Waals surface area contributed by atoms with E-state index in [9.17, 15) is 17.6 Å². The van der Waals surface area contributed by atoms with Gasteiger partial charge in [-0.05, 0) is 36.4 Å². The van der Waals surface area contributed by atoms with Gasteiger partial charge in [0.2, 0.25) is 5.91 Å². The fourth-order valence-electron chi connectivity index (χ4n) is 2.25. The number of hydrogen-bond acceptors (Lipinski definition) is 6. The Hall–Kier alpha value is -3.07. The number of sulfonamides is 1. The van der Waals surface area contributed by atoms with Crippen LogP contribution in [0, 0.1) is 5.82 Å². The number of carbonyl (C=O) groups excluding carboxylic acids is 1. The Morgan fingerprint density at radius 2 is 1.80 bits per heavy atom. The Kier molecular flexibility index (Phi) is 4.32. The second-order valence-corrected chi connectivity index (χ2v) is 6.85. The van der Waals surface area contributed by atoms with Crippen molar-refractivity contribution in [3.63, 3.8) is 0 Å². The zero-order valence-electron chi connectivity index (χ0n) is 13.0. The molecule has 0 unspecified atom stereocenters. The summed E-state index contributed by atoms with van der Waals surface area (Å²) >= 11 is 0. The van der Waals surface area contributed by atoms with Gasteiger partial charge in [-0.15, -0.1) is 0 Å². The van der Waals surface area contributed by atoms with Crippen LogP contribution in [0.25, 0.3) is 10.9 Å². The van der Waals surface area contributed by atoms with Crippen LogP contribution in [0.4, 0.5) is 15.9 Å². The number of hydrogen-bond donors (Lipinski definition) is 2. The third-order valence-corrected chi connectivity index (χ3v) is 4.77. The minimum atomic E-state index is -3.89. The van der Waals surface area contributed by atoms with Crippen LogP contribution >= 0.6 is 0 Å². The number of halogens is 1. The minimum absolute atomic E-state index is 0.0492. The normalized spacial score (nSPS) is 11.3. The van der Waals surface area contributed by atoms with Gasteiger partial charge in [-0.25, -0.2) is 27.5 Å². The quantitative estimate of drug-likeness (QED) is 0.741. The van der Waals surface area contributed by atoms with Crippen molar-refractivity contribution in [2.24, 2.45) is 0 Å². The van der Waals surface area contributed by atoms with Gasteiger partial charge < -0.3 is 5.32 Å². The Morgan fingerprint density at radius 1 is 1.08 bits per heavy atom. The molecule has 0 bridgehead atoms. The lowest BCUT2D eigenvalue weighted by molar-refractivity contribution is -0.117. The molecule has 9 heteroatoms. The molecule has 0 saturated carbocycles. The molecule has 25 heavy (non-hydrogen) atoms. The summed E-state index contributed by atoms with van der Waals surface area (Å²) in [5, 5.41) is 3.49. The van der Waals surface area contributed by atoms with Crippen molar-refractivity contribution < 1.29 is 17.6 Å². The molecule has 2 aromatic carbocycles. The average Bonchev–Trinajstić information content (AvgIpc) is 2.55. The lowest BCUT2D eigenvalue weighted by atomic mass is 10.2. The van der Waals surface area contributed by atoms with Crippen LogP contribution in [0.1, 0.15) is 6.92 Å². The zero-order chi connectivity index (χ0) is 18.0. The number of amides is 1. The van der Waals surface area contributed by atoms with E-state index in [2.05, 4.69) is 15.3 Å². The summed E-state index contributed by atoms with van der Waals surface area (Å²) in [7, 11) is -3.89. The molecule has 0 fully saturated rings. The lowest BCUT2D eigenvalue weighted by Crippen LogP contribution is -2.28. The van der Waals surface area contributed by atoms with Crippen LogP contribution < -0.4 is 10.0 Å². The molecule has 3 rings (SSSR count). The maximum Gasteiger partial charge on any atom is 0.264 e. The molecule has 2 N–H and O–H groups in total. The van der Waals surface area contributed by atoms with Gasteiger partial charge in [0, 0.05) is 18.0 Å². The summed E-state index contributed by atoms with van der Waals surface area (Å²) in [5.74, 6) is -0.738. The van der Waals surface area contributed by atoms with E-state index in [1.54, 1.807) is 12.1 Å². The highest BCUT2D eigenvalue weighted by molar-refractivity contribution is 7.90. The fraction of sp³-hybridized carbons (Fsp3) is 0.0625. The molecule has 0 spiro atoms. The van der Waals surface area contributed by atoms with Crippen LogP contribution in [0.2, 0.25) is 0 Å². The van der Waals surface area contributed by atoms with Crippen LogP contribution in [-0.2, 0) is 14.8 Å². The highest BCUT2D eigenvalue weighted by Crippen LogP contribution is 2.25. The second-order valence-electron chi connectivity index (χ2n) is 5.17. The molecule has 1 heterocycles. The topological polar surface area (TPSA) is 101 Å². The van der Waals surface area contributed by atoms with Crippen LogP contribution in [0.5, 0.6) is 0 Å². The summed E-state index contributed by atoms with van der Waals surface area (Å²) in [5.41, 5.74) is 0.732. The average molecular weight is 360 g/mol. The molecule has 0 saturated heterocycles. The number of fused-ring (bicyclic) bond motifs is 1. The van der Waals surface area contributed by atoms with Gasteiger partial charge in [0.1, 0.15) is 23.5 Å². The number of carbonyl (C=O) groups is 1. The van der Waals surface area contributed by atoms with E-state index in [0.29, 0.717) is 16.9 Å². The molecule has 0 radical (unpaired) electrons. The first-order chi connectivity index (χ1) is 11.9. The molecule has 0 aliphatic rings. The van der Waals surface area contributed by atoms with E-state index < -0.39 is 21.7 Å². The summed E-state index contributed by atoms with van der Waals surface area (Å²) in [6, 6.07) is 10.3. The number of para-hydroxylation sites is 1. The van der Waals surface area contributed by atoms with Gasteiger partial charge in [-0.3, -0.25) is 4.79 Å². The Balaban J connectivity index is 1.90. The molecule has 128 valence electrons. The first-order valence-electron chi connectivity index (χ1n) is 7.16. The number of benzene rings is 2. The Bertz CT molecular complexity index is 1050. The van der Waals surface area contributed by atoms with E-state index in [-0.39, 0.29) is 10.4 Å². The van der Waals surface area contributed by atoms with E-state index in [0.717, 1.165) is 6.92 Å². The maximum absolute atomic E-state index is 13.8. The van der Waals surface area contributed by atoms with Gasteiger partial charge >= 0.3 is 0 Å². The van der Waals surface area contributed by atoms with E-state index in [1.165, 1.54) is 36.7 Å². The van der Waals surface area contributed by atoms with Gasteiger partial charge in [0.25, 0.3) is 10.0 Å². The van der Waals surface area contributed by atoms with E-state index >= 15 is 0 Å². The minimum Gasteiger partial charge on any atom is -0.340 e. The molecule has 0 atom stereocenters. The zero-order valence-corrected chi connectivity index (χ0v) is 13.8. The van der Waals surface area contributed by atoms with Crippen molar-refractivity contribution in [2.75, 3.05) is 5.32 Å². The standard InChI is InChI=1S/C16H13FN4O3S/c1-10(22)21-25(23,24)12-7-5-11(6-8-12)20-16-13-3-2-4-14(17)15(13)18-9-19-16/h2-9H,1H3,(H,21,22)(H,18,19,20). The lowest BCUT2D eigenvalue weighted by Gasteiger charge is -2.10. The maximum atomic E-state index is 13.8. The van der Waals surface area contributed by atoms with Crippen molar-refractivity contribution >= 4 is 38.3 Å². The van der Waals surface area contributed by atoms with E-state index in [1.807, 2.05) is 4.72 Å². The SMILES string of the molecule is CC(=O)NS(=O)(=O)c1ccc(Nc2ncnc3c(F)cccc23)cc1. The number of rotatable bonds is 4. The molecular formula is C16H13FN4O3S. The van der Waals surface area contributed by atoms with Crippen molar-refractivity contribution in [1.82, 2.24) is 14.7 Å². The van der Waals surface area contributed by atoms with Gasteiger partial charge in [0.05, 0.1) is 4.90 Å². The van der Waals surface area contributed by atoms with Crippen molar-refractivity contribution in [2.45, 2.75) is 11.8 Å². The Labute approximate surface area is 143 Å². The first-order valence-corrected chi connectivity index (χ1v) is 8.65. The highest BCUT2D eigenvalue weighted by Gasteiger charge is 2.15. The first kappa shape index (κ1) is 16.8. The number of nitrogens with one attached hydrogen (secondary N) is 2. The second kappa shape index (κ2) is 6.44. The molecular weight excluding hydrogens is 347 g/mol. The Morgan fingerprint density at radius 3 is 2.48 bits per heavy atom. The predicted octanol–water partition coefficient (Wildman–Crippen LogP) is 2.34. The van der Waals surface area contributed by atoms with Crippen molar-refractivity contribution in [3.05, 3.63) is 54.6 Å². The highest BCUT2D eigenvalue weighted by atomic mass is 32.2. The molecule has 7 nitrogen and oxygen atoms in total.